The second-order valence-electron chi connectivity index (χ2n) is 3.95. The van der Waals surface area contributed by atoms with Crippen molar-refractivity contribution in [1.29, 1.82) is 0 Å². The van der Waals surface area contributed by atoms with Crippen LogP contribution in [0, 0.1) is 13.8 Å². The van der Waals surface area contributed by atoms with Crippen molar-refractivity contribution in [2.75, 3.05) is 0 Å². The van der Waals surface area contributed by atoms with Crippen molar-refractivity contribution in [2.24, 2.45) is 0 Å². The molecule has 0 saturated carbocycles. The Bertz CT molecular complexity index is 534. The number of ether oxygens (including phenoxy) is 1. The third-order valence-electron chi connectivity index (χ3n) is 2.62. The third-order valence-corrected chi connectivity index (χ3v) is 3.90. The minimum Gasteiger partial charge on any atom is -0.486 e. The van der Waals surface area contributed by atoms with E-state index in [2.05, 4.69) is 4.98 Å². The molecule has 0 atom stereocenters. The number of halogens is 1. The van der Waals surface area contributed by atoms with Gasteiger partial charge in [-0.2, -0.15) is 0 Å². The van der Waals surface area contributed by atoms with Gasteiger partial charge in [0.15, 0.2) is 0 Å². The largest absolute Gasteiger partial charge is 0.486 e. The maximum Gasteiger partial charge on any atom is 0.140 e. The fourth-order valence-electron chi connectivity index (χ4n) is 1.55. The quantitative estimate of drug-likeness (QED) is 0.934. The maximum absolute atomic E-state index is 9.24. The molecule has 1 N–H and O–H groups in total. The van der Waals surface area contributed by atoms with Gasteiger partial charge in [-0.05, 0) is 32.0 Å². The van der Waals surface area contributed by atoms with Crippen LogP contribution in [0.5, 0.6) is 5.75 Å². The lowest BCUT2D eigenvalue weighted by Crippen LogP contribution is -1.98. The Hall–Kier alpha value is -1.10. The summed E-state index contributed by atoms with van der Waals surface area (Å²) in [5.74, 6) is 0.646. The SMILES string of the molecule is Cc1nc(COc2ccc(Cl)cc2CO)sc1C. The highest BCUT2D eigenvalue weighted by Crippen LogP contribution is 2.25. The molecular formula is C13H14ClNO2S. The summed E-state index contributed by atoms with van der Waals surface area (Å²) in [6.45, 7) is 4.34. The van der Waals surface area contributed by atoms with E-state index in [4.69, 9.17) is 16.3 Å². The number of rotatable bonds is 4. The van der Waals surface area contributed by atoms with Crippen LogP contribution in [0.25, 0.3) is 0 Å². The maximum atomic E-state index is 9.24. The van der Waals surface area contributed by atoms with Crippen LogP contribution in [0.4, 0.5) is 0 Å². The van der Waals surface area contributed by atoms with Gasteiger partial charge in [-0.15, -0.1) is 11.3 Å². The molecule has 0 amide bonds. The summed E-state index contributed by atoms with van der Waals surface area (Å²) in [6, 6.07) is 5.21. The molecule has 0 aliphatic heterocycles. The monoisotopic (exact) mass is 283 g/mol. The van der Waals surface area contributed by atoms with Crippen molar-refractivity contribution >= 4 is 22.9 Å². The molecular weight excluding hydrogens is 270 g/mol. The van der Waals surface area contributed by atoms with Crippen LogP contribution in [0.1, 0.15) is 21.1 Å². The van der Waals surface area contributed by atoms with E-state index >= 15 is 0 Å². The Morgan fingerprint density at radius 3 is 2.78 bits per heavy atom. The number of aliphatic hydroxyl groups is 1. The molecule has 0 aliphatic rings. The number of hydrogen-bond acceptors (Lipinski definition) is 4. The summed E-state index contributed by atoms with van der Waals surface area (Å²) in [7, 11) is 0. The summed E-state index contributed by atoms with van der Waals surface area (Å²) < 4.78 is 5.67. The van der Waals surface area contributed by atoms with Crippen LogP contribution in [0.2, 0.25) is 5.02 Å². The van der Waals surface area contributed by atoms with Gasteiger partial charge < -0.3 is 9.84 Å². The molecule has 1 aromatic heterocycles. The Morgan fingerprint density at radius 1 is 1.39 bits per heavy atom. The van der Waals surface area contributed by atoms with Crippen molar-refractivity contribution < 1.29 is 9.84 Å². The molecule has 1 aromatic carbocycles. The number of aromatic nitrogens is 1. The minimum atomic E-state index is -0.0915. The van der Waals surface area contributed by atoms with E-state index in [-0.39, 0.29) is 6.61 Å². The van der Waals surface area contributed by atoms with Crippen LogP contribution in [-0.2, 0) is 13.2 Å². The Balaban J connectivity index is 2.10. The zero-order valence-corrected chi connectivity index (χ0v) is 11.8. The number of thiazole rings is 1. The van der Waals surface area contributed by atoms with Gasteiger partial charge in [-0.3, -0.25) is 0 Å². The van der Waals surface area contributed by atoms with Crippen LogP contribution >= 0.6 is 22.9 Å². The molecule has 0 fully saturated rings. The van der Waals surface area contributed by atoms with Crippen molar-refractivity contribution in [1.82, 2.24) is 4.98 Å². The minimum absolute atomic E-state index is 0.0915. The second kappa shape index (κ2) is 5.69. The number of hydrogen-bond donors (Lipinski definition) is 1. The highest BCUT2D eigenvalue weighted by molar-refractivity contribution is 7.11. The average molecular weight is 284 g/mol. The van der Waals surface area contributed by atoms with Gasteiger partial charge in [-0.1, -0.05) is 11.6 Å². The number of benzene rings is 1. The van der Waals surface area contributed by atoms with E-state index in [9.17, 15) is 5.11 Å². The first-order chi connectivity index (χ1) is 8.60. The number of aryl methyl sites for hydroxylation is 2. The third kappa shape index (κ3) is 3.02. The van der Waals surface area contributed by atoms with Crippen molar-refractivity contribution in [3.8, 4) is 5.75 Å². The summed E-state index contributed by atoms with van der Waals surface area (Å²) in [4.78, 5) is 5.60. The van der Waals surface area contributed by atoms with Gasteiger partial charge in [0, 0.05) is 15.5 Å². The molecule has 18 heavy (non-hydrogen) atoms. The zero-order chi connectivity index (χ0) is 13.1. The van der Waals surface area contributed by atoms with Gasteiger partial charge >= 0.3 is 0 Å². The molecule has 0 bridgehead atoms. The van der Waals surface area contributed by atoms with Crippen molar-refractivity contribution in [2.45, 2.75) is 27.1 Å². The number of nitrogens with zero attached hydrogens (tertiary/aromatic N) is 1. The zero-order valence-electron chi connectivity index (χ0n) is 10.2. The fraction of sp³-hybridized carbons (Fsp3) is 0.308. The van der Waals surface area contributed by atoms with Crippen LogP contribution in [0.15, 0.2) is 18.2 Å². The predicted octanol–water partition coefficient (Wildman–Crippen LogP) is 3.48. The average Bonchev–Trinajstić information content (AvgIpc) is 2.67. The molecule has 0 spiro atoms. The highest BCUT2D eigenvalue weighted by atomic mass is 35.5. The standard InChI is InChI=1S/C13H14ClNO2S/c1-8-9(2)18-13(15-8)7-17-12-4-3-11(14)5-10(12)6-16/h3-5,16H,6-7H2,1-2H3. The molecule has 96 valence electrons. The molecule has 0 aliphatic carbocycles. The first-order valence-electron chi connectivity index (χ1n) is 5.55. The fourth-order valence-corrected chi connectivity index (χ4v) is 2.59. The van der Waals surface area contributed by atoms with Gasteiger partial charge in [0.2, 0.25) is 0 Å². The molecule has 5 heteroatoms. The lowest BCUT2D eigenvalue weighted by atomic mass is 10.2. The second-order valence-corrected chi connectivity index (χ2v) is 5.67. The van der Waals surface area contributed by atoms with Gasteiger partial charge in [0.05, 0.1) is 12.3 Å². The van der Waals surface area contributed by atoms with E-state index in [1.54, 1.807) is 29.5 Å². The summed E-state index contributed by atoms with van der Waals surface area (Å²) >= 11 is 7.49. The molecule has 2 aromatic rings. The van der Waals surface area contributed by atoms with Gasteiger partial charge in [0.25, 0.3) is 0 Å². The highest BCUT2D eigenvalue weighted by Gasteiger charge is 2.07. The molecule has 3 nitrogen and oxygen atoms in total. The Morgan fingerprint density at radius 2 is 2.17 bits per heavy atom. The normalized spacial score (nSPS) is 10.7. The smallest absolute Gasteiger partial charge is 0.140 e. The van der Waals surface area contributed by atoms with E-state index < -0.39 is 0 Å². The first kappa shape index (κ1) is 13.3. The number of aliphatic hydroxyl groups excluding tert-OH is 1. The molecule has 2 rings (SSSR count). The summed E-state index contributed by atoms with van der Waals surface area (Å²) in [5.41, 5.74) is 1.73. The summed E-state index contributed by atoms with van der Waals surface area (Å²) in [6.07, 6.45) is 0. The Labute approximate surface area is 115 Å². The van der Waals surface area contributed by atoms with Crippen molar-refractivity contribution in [3.63, 3.8) is 0 Å². The summed E-state index contributed by atoms with van der Waals surface area (Å²) in [5, 5.41) is 10.8. The van der Waals surface area contributed by atoms with Crippen LogP contribution < -0.4 is 4.74 Å². The van der Waals surface area contributed by atoms with E-state index in [1.165, 1.54) is 4.88 Å². The Kier molecular flexibility index (Phi) is 4.22. The molecule has 0 saturated heterocycles. The lowest BCUT2D eigenvalue weighted by Gasteiger charge is -2.08. The van der Waals surface area contributed by atoms with E-state index in [0.717, 1.165) is 10.7 Å². The van der Waals surface area contributed by atoms with Crippen molar-refractivity contribution in [3.05, 3.63) is 44.4 Å². The predicted molar refractivity (Wildman–Crippen MR) is 73.3 cm³/mol. The van der Waals surface area contributed by atoms with Gasteiger partial charge in [0.1, 0.15) is 17.4 Å². The topological polar surface area (TPSA) is 42.4 Å². The molecule has 0 radical (unpaired) electrons. The first-order valence-corrected chi connectivity index (χ1v) is 6.74. The molecule has 0 unspecified atom stereocenters. The van der Waals surface area contributed by atoms with E-state index in [1.807, 2.05) is 13.8 Å². The van der Waals surface area contributed by atoms with Gasteiger partial charge in [-0.25, -0.2) is 4.98 Å². The van der Waals surface area contributed by atoms with Crippen LogP contribution in [0.3, 0.4) is 0 Å². The lowest BCUT2D eigenvalue weighted by molar-refractivity contribution is 0.259. The molecule has 1 heterocycles. The van der Waals surface area contributed by atoms with E-state index in [0.29, 0.717) is 22.9 Å². The van der Waals surface area contributed by atoms with Crippen LogP contribution in [-0.4, -0.2) is 10.1 Å².